The summed E-state index contributed by atoms with van der Waals surface area (Å²) in [5, 5.41) is 0.761. The fourth-order valence-electron chi connectivity index (χ4n) is 5.26. The van der Waals surface area contributed by atoms with Crippen molar-refractivity contribution in [3.8, 4) is 34.4 Å². The summed E-state index contributed by atoms with van der Waals surface area (Å²) in [6.45, 7) is 10.3. The summed E-state index contributed by atoms with van der Waals surface area (Å²) in [5.41, 5.74) is 2.16. The van der Waals surface area contributed by atoms with Gasteiger partial charge in [-0.2, -0.15) is 0 Å². The second-order valence-corrected chi connectivity index (χ2v) is 12.3. The highest BCUT2D eigenvalue weighted by Gasteiger charge is 2.31. The summed E-state index contributed by atoms with van der Waals surface area (Å²) in [6.07, 6.45) is 3.75. The first-order chi connectivity index (χ1) is 19.3. The van der Waals surface area contributed by atoms with Gasteiger partial charge in [0.25, 0.3) is 5.56 Å². The van der Waals surface area contributed by atoms with Gasteiger partial charge < -0.3 is 23.9 Å². The molecule has 5 rings (SSSR count). The predicted molar refractivity (Wildman–Crippen MR) is 160 cm³/mol. The largest absolute Gasteiger partial charge is 0.493 e. The Balaban J connectivity index is 1.30. The van der Waals surface area contributed by atoms with Crippen LogP contribution in [0.3, 0.4) is 0 Å². The van der Waals surface area contributed by atoms with Crippen LogP contribution in [0.25, 0.3) is 21.6 Å². The smallest absolute Gasteiger partial charge is 0.260 e. The molecule has 2 heterocycles. The van der Waals surface area contributed by atoms with Gasteiger partial charge in [-0.3, -0.25) is 4.79 Å². The predicted octanol–water partition coefficient (Wildman–Crippen LogP) is 7.06. The first-order valence-electron chi connectivity index (χ1n) is 14.0. The van der Waals surface area contributed by atoms with Crippen LogP contribution in [0.2, 0.25) is 0 Å². The zero-order chi connectivity index (χ0) is 28.3. The minimum absolute atomic E-state index is 0.0694. The van der Waals surface area contributed by atoms with Gasteiger partial charge in [0.05, 0.1) is 32.3 Å². The highest BCUT2D eigenvalue weighted by molar-refractivity contribution is 7.18. The Labute approximate surface area is 239 Å². The number of nitrogens with one attached hydrogen (secondary N) is 1. The van der Waals surface area contributed by atoms with Crippen LogP contribution in [0.5, 0.6) is 23.0 Å². The summed E-state index contributed by atoms with van der Waals surface area (Å²) < 4.78 is 23.1. The molecule has 0 aliphatic heterocycles. The Hall–Kier alpha value is -3.52. The fraction of sp³-hybridized carbons (Fsp3) is 0.438. The van der Waals surface area contributed by atoms with Crippen molar-refractivity contribution < 1.29 is 18.9 Å². The van der Waals surface area contributed by atoms with Gasteiger partial charge >= 0.3 is 0 Å². The molecule has 0 spiro atoms. The van der Waals surface area contributed by atoms with E-state index in [0.717, 1.165) is 35.0 Å². The van der Waals surface area contributed by atoms with Crippen LogP contribution in [0, 0.1) is 11.3 Å². The van der Waals surface area contributed by atoms with Crippen LogP contribution >= 0.6 is 11.3 Å². The van der Waals surface area contributed by atoms with Crippen LogP contribution in [-0.2, 0) is 12.8 Å². The topological polar surface area (TPSA) is 82.7 Å². The van der Waals surface area contributed by atoms with E-state index in [-0.39, 0.29) is 11.0 Å². The number of rotatable bonds is 10. The van der Waals surface area contributed by atoms with Gasteiger partial charge in [0.15, 0.2) is 23.0 Å². The average molecular weight is 563 g/mol. The Morgan fingerprint density at radius 1 is 1.00 bits per heavy atom. The van der Waals surface area contributed by atoms with E-state index < -0.39 is 0 Å². The third kappa shape index (κ3) is 5.97. The summed E-state index contributed by atoms with van der Waals surface area (Å²) in [6, 6.07) is 13.3. The maximum Gasteiger partial charge on any atom is 0.260 e. The second-order valence-electron chi connectivity index (χ2n) is 11.2. The van der Waals surface area contributed by atoms with E-state index >= 15 is 0 Å². The Morgan fingerprint density at radius 3 is 2.42 bits per heavy atom. The number of hydrogen-bond donors (Lipinski definition) is 1. The Kier molecular flexibility index (Phi) is 8.35. The van der Waals surface area contributed by atoms with Gasteiger partial charge in [-0.25, -0.2) is 4.98 Å². The molecule has 0 amide bonds. The number of nitrogens with zero attached hydrogens (tertiary/aromatic N) is 1. The number of methoxy groups -OCH3 is 1. The molecule has 2 aromatic heterocycles. The molecule has 0 bridgehead atoms. The Morgan fingerprint density at radius 2 is 1.73 bits per heavy atom. The third-order valence-electron chi connectivity index (χ3n) is 7.53. The number of aryl methyl sites for hydroxylation is 1. The first kappa shape index (κ1) is 28.0. The van der Waals surface area contributed by atoms with E-state index in [1.807, 2.05) is 49.4 Å². The number of para-hydroxylation sites is 2. The van der Waals surface area contributed by atoms with Crippen molar-refractivity contribution in [2.24, 2.45) is 11.3 Å². The van der Waals surface area contributed by atoms with E-state index in [1.165, 1.54) is 10.4 Å². The second kappa shape index (κ2) is 11.9. The van der Waals surface area contributed by atoms with Gasteiger partial charge in [0.1, 0.15) is 10.7 Å². The highest BCUT2D eigenvalue weighted by atomic mass is 32.1. The number of thiophene rings is 1. The first-order valence-corrected chi connectivity index (χ1v) is 14.8. The molecule has 0 radical (unpaired) electrons. The lowest BCUT2D eigenvalue weighted by atomic mass is 9.72. The summed E-state index contributed by atoms with van der Waals surface area (Å²) >= 11 is 1.67. The third-order valence-corrected chi connectivity index (χ3v) is 8.68. The van der Waals surface area contributed by atoms with Gasteiger partial charge in [0, 0.05) is 16.9 Å². The van der Waals surface area contributed by atoms with Crippen LogP contribution in [0.1, 0.15) is 51.0 Å². The van der Waals surface area contributed by atoms with Crippen molar-refractivity contribution in [1.29, 1.82) is 0 Å². The van der Waals surface area contributed by atoms with Gasteiger partial charge in [-0.15, -0.1) is 11.3 Å². The van der Waals surface area contributed by atoms with Crippen LogP contribution in [0.4, 0.5) is 0 Å². The summed E-state index contributed by atoms with van der Waals surface area (Å²) in [4.78, 5) is 23.3. The maximum absolute atomic E-state index is 13.2. The van der Waals surface area contributed by atoms with Crippen LogP contribution < -0.4 is 24.5 Å². The van der Waals surface area contributed by atoms with E-state index in [2.05, 4.69) is 25.8 Å². The zero-order valence-electron chi connectivity index (χ0n) is 24.0. The lowest BCUT2D eigenvalue weighted by Gasteiger charge is -2.33. The molecule has 2 aromatic carbocycles. The van der Waals surface area contributed by atoms with Crippen molar-refractivity contribution in [3.05, 3.63) is 63.3 Å². The van der Waals surface area contributed by atoms with Crippen molar-refractivity contribution in [2.75, 3.05) is 26.9 Å². The minimum atomic E-state index is -0.0694. The molecule has 212 valence electrons. The number of hydrogen-bond acceptors (Lipinski definition) is 7. The molecule has 1 aliphatic rings. The summed E-state index contributed by atoms with van der Waals surface area (Å²) in [7, 11) is 1.63. The van der Waals surface area contributed by atoms with Gasteiger partial charge in [0.2, 0.25) is 0 Å². The normalized spacial score (nSPS) is 15.1. The molecule has 0 saturated carbocycles. The van der Waals surface area contributed by atoms with Crippen molar-refractivity contribution in [3.63, 3.8) is 0 Å². The van der Waals surface area contributed by atoms with Gasteiger partial charge in [-0.1, -0.05) is 32.9 Å². The van der Waals surface area contributed by atoms with Crippen molar-refractivity contribution >= 4 is 21.6 Å². The average Bonchev–Trinajstić information content (AvgIpc) is 3.32. The molecule has 1 N–H and O–H groups in total. The number of fused-ring (bicyclic) bond motifs is 3. The van der Waals surface area contributed by atoms with E-state index in [4.69, 9.17) is 23.9 Å². The van der Waals surface area contributed by atoms with Crippen LogP contribution in [0.15, 0.2) is 47.3 Å². The van der Waals surface area contributed by atoms with Crippen molar-refractivity contribution in [1.82, 2.24) is 9.97 Å². The lowest BCUT2D eigenvalue weighted by Crippen LogP contribution is -2.26. The number of aromatic amines is 1. The lowest BCUT2D eigenvalue weighted by molar-refractivity contribution is 0.218. The van der Waals surface area contributed by atoms with E-state index in [1.54, 1.807) is 18.4 Å². The molecule has 7 nitrogen and oxygen atoms in total. The number of benzene rings is 2. The van der Waals surface area contributed by atoms with Gasteiger partial charge in [-0.05, 0) is 73.4 Å². The highest BCUT2D eigenvalue weighted by Crippen LogP contribution is 2.42. The summed E-state index contributed by atoms with van der Waals surface area (Å²) in [5.74, 6) is 3.84. The molecular weight excluding hydrogens is 524 g/mol. The molecule has 40 heavy (non-hydrogen) atoms. The maximum atomic E-state index is 13.2. The SMILES string of the molecule is CCOc1cc(-c2nc3sc4c(c3c(=O)[nH]2)CC[C@H](C(C)(C)C)C4)ccc1OCCCOc1ccccc1OC. The van der Waals surface area contributed by atoms with Crippen molar-refractivity contribution in [2.45, 2.75) is 53.4 Å². The standard InChI is InChI=1S/C32H38N2O5S/c1-6-37-26-18-20(12-15-25(26)39-17-9-16-38-24-11-8-7-10-23(24)36-5)29-33-30(35)28-22-14-13-21(32(2,3)4)19-27(22)40-31(28)34-29/h7-8,10-12,15,18,21H,6,9,13-14,16-17,19H2,1-5H3,(H,33,34,35)/t21-/m0/s1. The number of H-pyrrole nitrogens is 1. The van der Waals surface area contributed by atoms with E-state index in [9.17, 15) is 4.79 Å². The molecule has 0 unspecified atom stereocenters. The number of ether oxygens (including phenoxy) is 4. The Bertz CT molecular complexity index is 1530. The van der Waals surface area contributed by atoms with E-state index in [0.29, 0.717) is 61.0 Å². The number of aromatic nitrogens is 2. The quantitative estimate of drug-likeness (QED) is 0.208. The molecule has 1 atom stereocenters. The molecule has 0 fully saturated rings. The zero-order valence-corrected chi connectivity index (χ0v) is 24.8. The fourth-order valence-corrected chi connectivity index (χ4v) is 6.56. The molecule has 8 heteroatoms. The minimum Gasteiger partial charge on any atom is -0.493 e. The monoisotopic (exact) mass is 562 g/mol. The molecule has 4 aromatic rings. The molecule has 0 saturated heterocycles. The molecular formula is C32H38N2O5S. The molecule has 1 aliphatic carbocycles. The van der Waals surface area contributed by atoms with Crippen LogP contribution in [-0.4, -0.2) is 36.9 Å².